The van der Waals surface area contributed by atoms with Gasteiger partial charge in [0.25, 0.3) is 0 Å². The van der Waals surface area contributed by atoms with Gasteiger partial charge in [-0.25, -0.2) is 4.79 Å². The lowest BCUT2D eigenvalue weighted by Crippen LogP contribution is -2.23. The number of rotatable bonds is 4. The summed E-state index contributed by atoms with van der Waals surface area (Å²) in [5, 5.41) is 1.04. The molecular formula is C23H25NO3. The first kappa shape index (κ1) is 17.8. The summed E-state index contributed by atoms with van der Waals surface area (Å²) in [6, 6.07) is 14.5. The maximum atomic E-state index is 12.2. The van der Waals surface area contributed by atoms with Crippen LogP contribution in [0.3, 0.4) is 0 Å². The van der Waals surface area contributed by atoms with E-state index < -0.39 is 0 Å². The topological polar surface area (TPSA) is 42.7 Å². The smallest absolute Gasteiger partial charge is 0.336 e. The van der Waals surface area contributed by atoms with Crippen LogP contribution in [0.2, 0.25) is 0 Å². The van der Waals surface area contributed by atoms with Gasteiger partial charge in [0, 0.05) is 24.0 Å². The van der Waals surface area contributed by atoms with Crippen LogP contribution >= 0.6 is 0 Å². The molecule has 0 bridgehead atoms. The minimum Gasteiger partial charge on any atom is -0.497 e. The highest BCUT2D eigenvalue weighted by Gasteiger charge is 2.26. The number of likely N-dealkylation sites (tertiary alicyclic amines) is 1. The maximum absolute atomic E-state index is 12.2. The Hall–Kier alpha value is -2.59. The van der Waals surface area contributed by atoms with Crippen molar-refractivity contribution in [1.82, 2.24) is 4.90 Å². The third kappa shape index (κ3) is 3.37. The number of hydrogen-bond donors (Lipinski definition) is 0. The second-order valence-electron chi connectivity index (χ2n) is 7.38. The van der Waals surface area contributed by atoms with Crippen molar-refractivity contribution < 1.29 is 9.15 Å². The molecule has 2 aromatic carbocycles. The van der Waals surface area contributed by atoms with Crippen molar-refractivity contribution in [1.29, 1.82) is 0 Å². The molecule has 0 radical (unpaired) electrons. The summed E-state index contributed by atoms with van der Waals surface area (Å²) in [4.78, 5) is 14.6. The number of hydrogen-bond acceptors (Lipinski definition) is 4. The molecule has 140 valence electrons. The van der Waals surface area contributed by atoms with E-state index in [0.29, 0.717) is 6.04 Å². The monoisotopic (exact) mass is 363 g/mol. The van der Waals surface area contributed by atoms with Gasteiger partial charge in [0.05, 0.1) is 7.11 Å². The van der Waals surface area contributed by atoms with Crippen LogP contribution in [-0.2, 0) is 6.54 Å². The summed E-state index contributed by atoms with van der Waals surface area (Å²) in [5.74, 6) is 0.876. The van der Waals surface area contributed by atoms with Crippen molar-refractivity contribution in [3.8, 4) is 5.75 Å². The standard InChI is InChI=1S/C23H25NO3/c1-15-6-11-20-18(13-22(25)27-23(20)16(15)2)14-24-12-4-5-21(24)17-7-9-19(26-3)10-8-17/h6-11,13,21H,4-5,12,14H2,1-3H3/t21-/m0/s1. The number of fused-ring (bicyclic) bond motifs is 1. The fourth-order valence-corrected chi connectivity index (χ4v) is 4.09. The van der Waals surface area contributed by atoms with E-state index in [0.717, 1.165) is 59.3 Å². The van der Waals surface area contributed by atoms with Crippen molar-refractivity contribution in [3.05, 3.63) is 75.1 Å². The molecule has 0 aliphatic carbocycles. The van der Waals surface area contributed by atoms with Crippen LogP contribution < -0.4 is 10.4 Å². The number of methoxy groups -OCH3 is 1. The summed E-state index contributed by atoms with van der Waals surface area (Å²) < 4.78 is 10.8. The lowest BCUT2D eigenvalue weighted by molar-refractivity contribution is 0.249. The van der Waals surface area contributed by atoms with E-state index in [4.69, 9.17) is 9.15 Å². The van der Waals surface area contributed by atoms with Gasteiger partial charge in [0.2, 0.25) is 0 Å². The van der Waals surface area contributed by atoms with Crippen molar-refractivity contribution in [2.24, 2.45) is 0 Å². The van der Waals surface area contributed by atoms with Crippen LogP contribution in [0.15, 0.2) is 51.7 Å². The average molecular weight is 363 g/mol. The molecule has 2 heterocycles. The highest BCUT2D eigenvalue weighted by Crippen LogP contribution is 2.35. The Morgan fingerprint density at radius 1 is 1.15 bits per heavy atom. The quantitative estimate of drug-likeness (QED) is 0.627. The van der Waals surface area contributed by atoms with Gasteiger partial charge >= 0.3 is 5.63 Å². The number of aryl methyl sites for hydroxylation is 2. The zero-order valence-electron chi connectivity index (χ0n) is 16.1. The molecule has 4 nitrogen and oxygen atoms in total. The van der Waals surface area contributed by atoms with Gasteiger partial charge in [0.1, 0.15) is 11.3 Å². The zero-order valence-corrected chi connectivity index (χ0v) is 16.1. The molecule has 27 heavy (non-hydrogen) atoms. The Morgan fingerprint density at radius 2 is 1.93 bits per heavy atom. The Morgan fingerprint density at radius 3 is 2.67 bits per heavy atom. The summed E-state index contributed by atoms with van der Waals surface area (Å²) in [7, 11) is 1.69. The lowest BCUT2D eigenvalue weighted by atomic mass is 10.0. The normalized spacial score (nSPS) is 17.5. The Balaban J connectivity index is 1.68. The van der Waals surface area contributed by atoms with E-state index in [1.165, 1.54) is 5.56 Å². The number of benzene rings is 2. The van der Waals surface area contributed by atoms with Crippen molar-refractivity contribution in [3.63, 3.8) is 0 Å². The summed E-state index contributed by atoms with van der Waals surface area (Å²) in [6.07, 6.45) is 2.29. The molecule has 0 amide bonds. The van der Waals surface area contributed by atoms with E-state index in [2.05, 4.69) is 29.2 Å². The first-order chi connectivity index (χ1) is 13.1. The van der Waals surface area contributed by atoms with E-state index in [-0.39, 0.29) is 5.63 Å². The van der Waals surface area contributed by atoms with Crippen LogP contribution in [0.5, 0.6) is 5.75 Å². The van der Waals surface area contributed by atoms with Crippen molar-refractivity contribution >= 4 is 11.0 Å². The van der Waals surface area contributed by atoms with Crippen molar-refractivity contribution in [2.45, 2.75) is 39.3 Å². The van der Waals surface area contributed by atoms with Gasteiger partial charge in [0.15, 0.2) is 0 Å². The van der Waals surface area contributed by atoms with Crippen LogP contribution in [0.4, 0.5) is 0 Å². The Bertz CT molecular complexity index is 1020. The molecule has 0 N–H and O–H groups in total. The fourth-order valence-electron chi connectivity index (χ4n) is 4.09. The zero-order chi connectivity index (χ0) is 19.0. The predicted octanol–water partition coefficient (Wildman–Crippen LogP) is 4.76. The second kappa shape index (κ2) is 7.20. The summed E-state index contributed by atoms with van der Waals surface area (Å²) in [5.41, 5.74) is 4.97. The molecule has 1 fully saturated rings. The van der Waals surface area contributed by atoms with Gasteiger partial charge in [-0.05, 0) is 67.6 Å². The average Bonchev–Trinajstić information content (AvgIpc) is 3.13. The molecular weight excluding hydrogens is 338 g/mol. The number of ether oxygens (including phenoxy) is 1. The van der Waals surface area contributed by atoms with Crippen molar-refractivity contribution in [2.75, 3.05) is 13.7 Å². The van der Waals surface area contributed by atoms with E-state index in [1.54, 1.807) is 13.2 Å². The van der Waals surface area contributed by atoms with Crippen LogP contribution in [0, 0.1) is 13.8 Å². The Kier molecular flexibility index (Phi) is 4.75. The Labute approximate surface area is 159 Å². The molecule has 0 saturated carbocycles. The van der Waals surface area contributed by atoms with Gasteiger partial charge in [-0.3, -0.25) is 4.90 Å². The molecule has 0 spiro atoms. The van der Waals surface area contributed by atoms with Gasteiger partial charge < -0.3 is 9.15 Å². The van der Waals surface area contributed by atoms with E-state index in [1.807, 2.05) is 26.0 Å². The molecule has 1 atom stereocenters. The summed E-state index contributed by atoms with van der Waals surface area (Å²) >= 11 is 0. The number of nitrogens with zero attached hydrogens (tertiary/aromatic N) is 1. The summed E-state index contributed by atoms with van der Waals surface area (Å²) in [6.45, 7) is 5.84. The molecule has 1 aliphatic heterocycles. The second-order valence-corrected chi connectivity index (χ2v) is 7.38. The molecule has 1 aromatic heterocycles. The van der Waals surface area contributed by atoms with Crippen LogP contribution in [-0.4, -0.2) is 18.6 Å². The molecule has 3 aromatic rings. The van der Waals surface area contributed by atoms with E-state index in [9.17, 15) is 4.79 Å². The molecule has 1 aliphatic rings. The molecule has 4 heteroatoms. The van der Waals surface area contributed by atoms with Gasteiger partial charge in [-0.1, -0.05) is 24.3 Å². The van der Waals surface area contributed by atoms with Gasteiger partial charge in [-0.15, -0.1) is 0 Å². The SMILES string of the molecule is COc1ccc([C@@H]2CCCN2Cc2cc(=O)oc3c(C)c(C)ccc23)cc1. The van der Waals surface area contributed by atoms with E-state index >= 15 is 0 Å². The molecule has 4 rings (SSSR count). The van der Waals surface area contributed by atoms with Crippen LogP contribution in [0.1, 0.15) is 41.1 Å². The highest BCUT2D eigenvalue weighted by atomic mass is 16.5. The lowest BCUT2D eigenvalue weighted by Gasteiger charge is -2.25. The highest BCUT2D eigenvalue weighted by molar-refractivity contribution is 5.83. The predicted molar refractivity (Wildman–Crippen MR) is 107 cm³/mol. The molecule has 0 unspecified atom stereocenters. The third-order valence-corrected chi connectivity index (χ3v) is 5.76. The fraction of sp³-hybridized carbons (Fsp3) is 0.348. The maximum Gasteiger partial charge on any atom is 0.336 e. The minimum atomic E-state index is -0.272. The largest absolute Gasteiger partial charge is 0.497 e. The van der Waals surface area contributed by atoms with Gasteiger partial charge in [-0.2, -0.15) is 0 Å². The van der Waals surface area contributed by atoms with Crippen LogP contribution in [0.25, 0.3) is 11.0 Å². The first-order valence-electron chi connectivity index (χ1n) is 9.48. The third-order valence-electron chi connectivity index (χ3n) is 5.76. The first-order valence-corrected chi connectivity index (χ1v) is 9.48. The molecule has 1 saturated heterocycles. The minimum absolute atomic E-state index is 0.272.